The highest BCUT2D eigenvalue weighted by Crippen LogP contribution is 2.54. The van der Waals surface area contributed by atoms with Crippen molar-refractivity contribution in [2.75, 3.05) is 73.0 Å². The summed E-state index contributed by atoms with van der Waals surface area (Å²) in [6.45, 7) is 8.14. The Morgan fingerprint density at radius 2 is 1.83 bits per heavy atom. The minimum absolute atomic E-state index is 0.0883. The van der Waals surface area contributed by atoms with E-state index in [-0.39, 0.29) is 23.5 Å². The summed E-state index contributed by atoms with van der Waals surface area (Å²) in [5, 5.41) is 12.6. The fraction of sp³-hybridized carbons (Fsp3) is 0.581. The number of piperidine rings is 1. The molecule has 1 spiro atoms. The summed E-state index contributed by atoms with van der Waals surface area (Å²) in [6, 6.07) is 8.23. The average molecular weight is 598 g/mol. The summed E-state index contributed by atoms with van der Waals surface area (Å²) >= 11 is 0. The molecule has 3 aliphatic heterocycles. The van der Waals surface area contributed by atoms with Crippen LogP contribution < -0.4 is 24.7 Å². The minimum Gasteiger partial charge on any atom is -0.395 e. The standard InChI is InChI=1S/C31H43N5O5S/c1-21(20-37)33-42(39,40)25-4-5-26(27(18-25)35-12-9-31(7-8-31)10-13-35)30(38)32-24-16-23-6-11-34(3)29(23)28(17-24)36-14-15-41-22(2)19-36/h4-5,16-18,21-22,33,37H,6-15,19-20H2,1-3H3,(H,32,38)/t21-,22+/m0/s1. The number of benzene rings is 2. The number of carbonyl (C=O) groups is 1. The molecule has 0 unspecified atom stereocenters. The molecule has 6 rings (SSSR count). The number of nitrogens with one attached hydrogen (secondary N) is 2. The third-order valence-corrected chi connectivity index (χ3v) is 11.0. The molecule has 1 aliphatic carbocycles. The van der Waals surface area contributed by atoms with Crippen LogP contribution in [0.1, 0.15) is 55.5 Å². The number of aliphatic hydroxyl groups is 1. The molecule has 10 nitrogen and oxygen atoms in total. The number of hydrogen-bond acceptors (Lipinski definition) is 8. The van der Waals surface area contributed by atoms with Crippen LogP contribution in [0.2, 0.25) is 0 Å². The van der Waals surface area contributed by atoms with Crippen molar-refractivity contribution in [2.24, 2.45) is 5.41 Å². The molecule has 11 heteroatoms. The number of ether oxygens (including phenoxy) is 1. The Bertz CT molecular complexity index is 1450. The van der Waals surface area contributed by atoms with E-state index in [2.05, 4.69) is 50.8 Å². The predicted molar refractivity (Wildman–Crippen MR) is 165 cm³/mol. The van der Waals surface area contributed by atoms with Crippen LogP contribution in [0.25, 0.3) is 0 Å². The lowest BCUT2D eigenvalue weighted by molar-refractivity contribution is 0.0532. The summed E-state index contributed by atoms with van der Waals surface area (Å²) in [5.41, 5.74) is 5.78. The van der Waals surface area contributed by atoms with E-state index in [9.17, 15) is 18.3 Å². The molecule has 3 heterocycles. The Morgan fingerprint density at radius 3 is 2.52 bits per heavy atom. The zero-order chi connectivity index (χ0) is 29.6. The van der Waals surface area contributed by atoms with Crippen molar-refractivity contribution < 1.29 is 23.1 Å². The van der Waals surface area contributed by atoms with Gasteiger partial charge >= 0.3 is 0 Å². The van der Waals surface area contributed by atoms with Gasteiger partial charge in [-0.1, -0.05) is 0 Å². The van der Waals surface area contributed by atoms with Crippen LogP contribution >= 0.6 is 0 Å². The van der Waals surface area contributed by atoms with E-state index in [1.165, 1.54) is 30.2 Å². The second-order valence-electron chi connectivity index (χ2n) is 12.6. The normalized spacial score (nSPS) is 22.3. The largest absolute Gasteiger partial charge is 0.395 e. The van der Waals surface area contributed by atoms with Gasteiger partial charge in [0.1, 0.15) is 0 Å². The lowest BCUT2D eigenvalue weighted by Crippen LogP contribution is -2.41. The highest BCUT2D eigenvalue weighted by molar-refractivity contribution is 7.89. The monoisotopic (exact) mass is 597 g/mol. The van der Waals surface area contributed by atoms with Crippen LogP contribution in [0.4, 0.5) is 22.7 Å². The highest BCUT2D eigenvalue weighted by Gasteiger charge is 2.44. The Balaban J connectivity index is 1.32. The highest BCUT2D eigenvalue weighted by atomic mass is 32.2. The van der Waals surface area contributed by atoms with Gasteiger partial charge in [0.2, 0.25) is 10.0 Å². The third kappa shape index (κ3) is 5.84. The Labute approximate surface area is 249 Å². The van der Waals surface area contributed by atoms with Gasteiger partial charge in [-0.15, -0.1) is 0 Å². The van der Waals surface area contributed by atoms with E-state index < -0.39 is 16.1 Å². The molecule has 2 saturated heterocycles. The third-order valence-electron chi connectivity index (χ3n) is 9.38. The molecule has 2 aromatic carbocycles. The number of nitrogens with zero attached hydrogens (tertiary/aromatic N) is 3. The van der Waals surface area contributed by atoms with Crippen molar-refractivity contribution in [1.29, 1.82) is 0 Å². The number of carbonyl (C=O) groups excluding carboxylic acids is 1. The van der Waals surface area contributed by atoms with E-state index in [4.69, 9.17) is 4.74 Å². The maximum atomic E-state index is 13.9. The van der Waals surface area contributed by atoms with Crippen LogP contribution in [0, 0.1) is 5.41 Å². The zero-order valence-corrected chi connectivity index (χ0v) is 25.7. The van der Waals surface area contributed by atoms with E-state index in [1.54, 1.807) is 19.1 Å². The smallest absolute Gasteiger partial charge is 0.257 e. The van der Waals surface area contributed by atoms with E-state index in [0.717, 1.165) is 63.4 Å². The lowest BCUT2D eigenvalue weighted by atomic mass is 9.93. The number of morpholine rings is 1. The zero-order valence-electron chi connectivity index (χ0n) is 24.9. The lowest BCUT2D eigenvalue weighted by Gasteiger charge is -2.35. The molecule has 2 aromatic rings. The predicted octanol–water partition coefficient (Wildman–Crippen LogP) is 3.20. The maximum absolute atomic E-state index is 13.9. The number of aliphatic hydroxyl groups excluding tert-OH is 1. The first kappa shape index (κ1) is 29.2. The van der Waals surface area contributed by atoms with Crippen molar-refractivity contribution in [2.45, 2.75) is 63.0 Å². The van der Waals surface area contributed by atoms with Crippen molar-refractivity contribution in [3.05, 3.63) is 41.5 Å². The van der Waals surface area contributed by atoms with Gasteiger partial charge in [-0.3, -0.25) is 4.79 Å². The van der Waals surface area contributed by atoms with Gasteiger partial charge < -0.3 is 29.9 Å². The summed E-state index contributed by atoms with van der Waals surface area (Å²) < 4.78 is 34.5. The van der Waals surface area contributed by atoms with E-state index in [0.29, 0.717) is 23.3 Å². The summed E-state index contributed by atoms with van der Waals surface area (Å²) in [4.78, 5) is 20.8. The number of amides is 1. The Morgan fingerprint density at radius 1 is 1.07 bits per heavy atom. The van der Waals surface area contributed by atoms with Gasteiger partial charge in [0.25, 0.3) is 5.91 Å². The molecule has 0 bridgehead atoms. The van der Waals surface area contributed by atoms with Crippen LogP contribution in [0.15, 0.2) is 35.2 Å². The van der Waals surface area contributed by atoms with Gasteiger partial charge in [0.15, 0.2) is 0 Å². The average Bonchev–Trinajstić information content (AvgIpc) is 3.62. The number of fused-ring (bicyclic) bond motifs is 1. The van der Waals surface area contributed by atoms with Gasteiger partial charge in [-0.25, -0.2) is 13.1 Å². The van der Waals surface area contributed by atoms with Crippen molar-refractivity contribution in [3.8, 4) is 0 Å². The van der Waals surface area contributed by atoms with Gasteiger partial charge in [-0.05, 0) is 87.3 Å². The van der Waals surface area contributed by atoms with Crippen molar-refractivity contribution in [3.63, 3.8) is 0 Å². The summed E-state index contributed by atoms with van der Waals surface area (Å²) in [7, 11) is -1.76. The fourth-order valence-electron chi connectivity index (χ4n) is 6.66. The molecule has 42 heavy (non-hydrogen) atoms. The maximum Gasteiger partial charge on any atom is 0.257 e. The number of likely N-dealkylation sites (N-methyl/N-ethyl adjacent to an activating group) is 1. The van der Waals surface area contributed by atoms with Crippen LogP contribution in [0.3, 0.4) is 0 Å². The summed E-state index contributed by atoms with van der Waals surface area (Å²) in [5.74, 6) is -0.259. The molecule has 228 valence electrons. The number of rotatable bonds is 8. The Kier molecular flexibility index (Phi) is 7.88. The molecule has 1 saturated carbocycles. The fourth-order valence-corrected chi connectivity index (χ4v) is 7.91. The minimum atomic E-state index is -3.87. The summed E-state index contributed by atoms with van der Waals surface area (Å²) in [6.07, 6.45) is 5.64. The van der Waals surface area contributed by atoms with Gasteiger partial charge in [0.05, 0.1) is 46.8 Å². The van der Waals surface area contributed by atoms with Crippen LogP contribution in [-0.2, 0) is 21.2 Å². The van der Waals surface area contributed by atoms with Crippen LogP contribution in [0.5, 0.6) is 0 Å². The topological polar surface area (TPSA) is 114 Å². The SMILES string of the molecule is C[C@@H]1CN(c2cc(NC(=O)c3ccc(S(=O)(=O)N[C@@H](C)CO)cc3N3CCC4(CC3)CC4)cc3c2N(C)CC3)CCO1. The van der Waals surface area contributed by atoms with Crippen molar-refractivity contribution in [1.82, 2.24) is 4.72 Å². The quantitative estimate of drug-likeness (QED) is 0.425. The van der Waals surface area contributed by atoms with Gasteiger partial charge in [0, 0.05) is 51.5 Å². The number of sulfonamides is 1. The van der Waals surface area contributed by atoms with Crippen LogP contribution in [-0.4, -0.2) is 84.6 Å². The first-order valence-corrected chi connectivity index (χ1v) is 16.6. The number of hydrogen-bond donors (Lipinski definition) is 3. The molecule has 0 aromatic heterocycles. The van der Waals surface area contributed by atoms with Crippen molar-refractivity contribution >= 4 is 38.7 Å². The second kappa shape index (κ2) is 11.3. The molecule has 2 atom stereocenters. The van der Waals surface area contributed by atoms with E-state index >= 15 is 0 Å². The van der Waals surface area contributed by atoms with E-state index in [1.807, 2.05) is 0 Å². The molecule has 0 radical (unpaired) electrons. The molecule has 3 N–H and O–H groups in total. The first-order valence-electron chi connectivity index (χ1n) is 15.2. The number of anilines is 4. The molecular weight excluding hydrogens is 554 g/mol. The Hall–Kier alpha value is -2.86. The molecule has 3 fully saturated rings. The molecular formula is C31H43N5O5S. The molecule has 4 aliphatic rings. The first-order chi connectivity index (χ1) is 20.1. The molecule has 1 amide bonds. The van der Waals surface area contributed by atoms with Gasteiger partial charge in [-0.2, -0.15) is 0 Å². The second-order valence-corrected chi connectivity index (χ2v) is 14.3.